The summed E-state index contributed by atoms with van der Waals surface area (Å²) in [6.07, 6.45) is 1.19. The van der Waals surface area contributed by atoms with Gasteiger partial charge >= 0.3 is 6.09 Å². The van der Waals surface area contributed by atoms with Gasteiger partial charge in [0, 0.05) is 31.2 Å². The number of nitrogens with one attached hydrogen (secondary N) is 1. The maximum atomic E-state index is 12.6. The van der Waals surface area contributed by atoms with Gasteiger partial charge in [0.15, 0.2) is 8.32 Å². The molecule has 1 aliphatic heterocycles. The Bertz CT molecular complexity index is 690. The molecule has 1 aromatic heterocycles. The molecular formula is C20H37N3O4Si. The van der Waals surface area contributed by atoms with Gasteiger partial charge in [0.25, 0.3) is 0 Å². The van der Waals surface area contributed by atoms with Crippen LogP contribution >= 0.6 is 0 Å². The average Bonchev–Trinajstić information content (AvgIpc) is 3.12. The molecule has 28 heavy (non-hydrogen) atoms. The maximum absolute atomic E-state index is 12.6. The fourth-order valence-electron chi connectivity index (χ4n) is 3.20. The number of hydrogen-bond donors (Lipinski definition) is 2. The Balaban J connectivity index is 2.14. The second kappa shape index (κ2) is 7.70. The van der Waals surface area contributed by atoms with Crippen LogP contribution in [-0.4, -0.2) is 59.9 Å². The number of H-pyrrole nitrogens is 1. The lowest BCUT2D eigenvalue weighted by Crippen LogP contribution is -2.43. The number of ether oxygens (including phenoxy) is 1. The highest BCUT2D eigenvalue weighted by atomic mass is 28.4. The van der Waals surface area contributed by atoms with Crippen LogP contribution < -0.4 is 0 Å². The van der Waals surface area contributed by atoms with E-state index in [1.807, 2.05) is 20.8 Å². The number of likely N-dealkylation sites (tertiary alicyclic amines) is 1. The number of rotatable bonds is 5. The Hall–Kier alpha value is -1.54. The smallest absolute Gasteiger partial charge is 0.410 e. The van der Waals surface area contributed by atoms with Gasteiger partial charge in [-0.3, -0.25) is 0 Å². The minimum atomic E-state index is -1.86. The summed E-state index contributed by atoms with van der Waals surface area (Å²) in [7, 11) is -1.86. The molecule has 0 spiro atoms. The lowest BCUT2D eigenvalue weighted by Gasteiger charge is -2.37. The maximum Gasteiger partial charge on any atom is 0.410 e. The van der Waals surface area contributed by atoms with Crippen LogP contribution in [0.25, 0.3) is 0 Å². The first-order chi connectivity index (χ1) is 12.7. The molecule has 1 aliphatic rings. The fraction of sp³-hybridized carbons (Fsp3) is 0.800. The Kier molecular flexibility index (Phi) is 6.26. The van der Waals surface area contributed by atoms with Crippen LogP contribution in [0.2, 0.25) is 18.1 Å². The number of aromatic hydroxyl groups is 1. The van der Waals surface area contributed by atoms with E-state index in [4.69, 9.17) is 9.16 Å². The topological polar surface area (TPSA) is 87.7 Å². The van der Waals surface area contributed by atoms with E-state index >= 15 is 0 Å². The Labute approximate surface area is 169 Å². The van der Waals surface area contributed by atoms with Crippen molar-refractivity contribution >= 4 is 14.4 Å². The molecule has 1 fully saturated rings. The molecule has 2 rings (SSSR count). The summed E-state index contributed by atoms with van der Waals surface area (Å²) in [5.74, 6) is 0.0374. The standard InChI is InChI=1S/C20H37N3O4Si/c1-18(2,3)27-17(25)23-11-9-20(14-23,15-13-16(24)22-21-15)10-12-26-28(7,8)19(4,5)6/h13H,9-12,14H2,1-8H3,(H2,21,22,24)/t20-/m1/s1. The summed E-state index contributed by atoms with van der Waals surface area (Å²) in [6.45, 7) is 18.5. The molecule has 0 unspecified atom stereocenters. The fourth-order valence-corrected chi connectivity index (χ4v) is 4.24. The second-order valence-electron chi connectivity index (χ2n) is 10.4. The molecule has 0 saturated carbocycles. The largest absolute Gasteiger partial charge is 0.494 e. The van der Waals surface area contributed by atoms with Crippen LogP contribution in [0, 0.1) is 0 Å². The van der Waals surface area contributed by atoms with Crippen molar-refractivity contribution in [2.45, 2.75) is 83.5 Å². The average molecular weight is 412 g/mol. The van der Waals surface area contributed by atoms with E-state index in [9.17, 15) is 9.90 Å². The first-order valence-electron chi connectivity index (χ1n) is 10.0. The molecule has 0 radical (unpaired) electrons. The van der Waals surface area contributed by atoms with Gasteiger partial charge in [0.1, 0.15) is 5.60 Å². The number of aromatic amines is 1. The molecule has 0 aliphatic carbocycles. The van der Waals surface area contributed by atoms with Crippen LogP contribution in [0.5, 0.6) is 5.88 Å². The van der Waals surface area contributed by atoms with Gasteiger partial charge in [0.2, 0.25) is 5.88 Å². The monoisotopic (exact) mass is 411 g/mol. The molecular weight excluding hydrogens is 374 g/mol. The van der Waals surface area contributed by atoms with Crippen molar-refractivity contribution in [3.63, 3.8) is 0 Å². The number of amides is 1. The molecule has 1 amide bonds. The first-order valence-corrected chi connectivity index (χ1v) is 12.9. The SMILES string of the molecule is CC(C)(C)OC(=O)N1CC[C@](CCO[Si](C)(C)C(C)(C)C)(c2cc(O)[nH]n2)C1. The van der Waals surface area contributed by atoms with E-state index in [0.717, 1.165) is 18.5 Å². The minimum Gasteiger partial charge on any atom is -0.494 e. The van der Waals surface area contributed by atoms with Crippen LogP contribution in [0.1, 0.15) is 60.1 Å². The summed E-state index contributed by atoms with van der Waals surface area (Å²) < 4.78 is 11.9. The van der Waals surface area contributed by atoms with Crippen molar-refractivity contribution in [3.8, 4) is 5.88 Å². The van der Waals surface area contributed by atoms with Crippen molar-refractivity contribution in [2.75, 3.05) is 19.7 Å². The Morgan fingerprint density at radius 2 is 1.96 bits per heavy atom. The van der Waals surface area contributed by atoms with Gasteiger partial charge in [-0.1, -0.05) is 20.8 Å². The van der Waals surface area contributed by atoms with Crippen LogP contribution in [0.4, 0.5) is 4.79 Å². The third-order valence-corrected chi connectivity index (χ3v) is 10.5. The summed E-state index contributed by atoms with van der Waals surface area (Å²) >= 11 is 0. The zero-order valence-electron chi connectivity index (χ0n) is 18.7. The van der Waals surface area contributed by atoms with E-state index in [1.165, 1.54) is 0 Å². The zero-order chi connectivity index (χ0) is 21.4. The summed E-state index contributed by atoms with van der Waals surface area (Å²) in [4.78, 5) is 14.3. The van der Waals surface area contributed by atoms with Crippen LogP contribution in [0.15, 0.2) is 6.07 Å². The van der Waals surface area contributed by atoms with E-state index in [0.29, 0.717) is 19.7 Å². The van der Waals surface area contributed by atoms with Gasteiger partial charge in [-0.15, -0.1) is 0 Å². The number of aromatic nitrogens is 2. The predicted molar refractivity (Wildman–Crippen MR) is 112 cm³/mol. The summed E-state index contributed by atoms with van der Waals surface area (Å²) in [5, 5.41) is 16.8. The molecule has 0 aromatic carbocycles. The van der Waals surface area contributed by atoms with E-state index in [-0.39, 0.29) is 22.4 Å². The van der Waals surface area contributed by atoms with Gasteiger partial charge in [-0.25, -0.2) is 9.89 Å². The molecule has 2 heterocycles. The molecule has 1 saturated heterocycles. The summed E-state index contributed by atoms with van der Waals surface area (Å²) in [6, 6.07) is 1.66. The van der Waals surface area contributed by atoms with E-state index in [1.54, 1.807) is 11.0 Å². The highest BCUT2D eigenvalue weighted by Crippen LogP contribution is 2.40. The van der Waals surface area contributed by atoms with E-state index < -0.39 is 13.9 Å². The highest BCUT2D eigenvalue weighted by Gasteiger charge is 2.45. The van der Waals surface area contributed by atoms with Crippen LogP contribution in [0.3, 0.4) is 0 Å². The van der Waals surface area contributed by atoms with Crippen molar-refractivity contribution in [1.82, 2.24) is 15.1 Å². The predicted octanol–water partition coefficient (Wildman–Crippen LogP) is 4.41. The van der Waals surface area contributed by atoms with Crippen molar-refractivity contribution in [1.29, 1.82) is 0 Å². The van der Waals surface area contributed by atoms with Crippen molar-refractivity contribution in [2.24, 2.45) is 0 Å². The van der Waals surface area contributed by atoms with Gasteiger partial charge < -0.3 is 19.2 Å². The van der Waals surface area contributed by atoms with Crippen LogP contribution in [-0.2, 0) is 14.6 Å². The third kappa shape index (κ3) is 5.29. The number of nitrogens with zero attached hydrogens (tertiary/aromatic N) is 2. The van der Waals surface area contributed by atoms with Gasteiger partial charge in [-0.05, 0) is 51.7 Å². The molecule has 0 bridgehead atoms. The Morgan fingerprint density at radius 1 is 1.32 bits per heavy atom. The van der Waals surface area contributed by atoms with Gasteiger partial charge in [0.05, 0.1) is 5.69 Å². The number of hydrogen-bond acceptors (Lipinski definition) is 5. The molecule has 1 aromatic rings. The molecule has 7 nitrogen and oxygen atoms in total. The number of carbonyl (C=O) groups is 1. The second-order valence-corrected chi connectivity index (χ2v) is 15.2. The minimum absolute atomic E-state index is 0.0374. The zero-order valence-corrected chi connectivity index (χ0v) is 19.7. The van der Waals surface area contributed by atoms with Crippen molar-refractivity contribution in [3.05, 3.63) is 11.8 Å². The normalized spacial score (nSPS) is 21.2. The third-order valence-electron chi connectivity index (χ3n) is 5.96. The first kappa shape index (κ1) is 22.7. The lowest BCUT2D eigenvalue weighted by molar-refractivity contribution is 0.0280. The van der Waals surface area contributed by atoms with E-state index in [2.05, 4.69) is 44.1 Å². The highest BCUT2D eigenvalue weighted by molar-refractivity contribution is 6.74. The van der Waals surface area contributed by atoms with Gasteiger partial charge in [-0.2, -0.15) is 5.10 Å². The molecule has 160 valence electrons. The Morgan fingerprint density at radius 3 is 2.46 bits per heavy atom. The molecule has 8 heteroatoms. The quantitative estimate of drug-likeness (QED) is 0.701. The molecule has 2 N–H and O–H groups in total. The number of carbonyl (C=O) groups excluding carboxylic acids is 1. The van der Waals surface area contributed by atoms with Crippen molar-refractivity contribution < 1.29 is 19.1 Å². The molecule has 1 atom stereocenters. The lowest BCUT2D eigenvalue weighted by atomic mass is 9.80. The summed E-state index contributed by atoms with van der Waals surface area (Å²) in [5.41, 5.74) is -0.107.